The molecule has 0 saturated carbocycles. The van der Waals surface area contributed by atoms with Crippen molar-refractivity contribution in [2.45, 2.75) is 10.1 Å². The van der Waals surface area contributed by atoms with E-state index in [4.69, 9.17) is 11.6 Å². The van der Waals surface area contributed by atoms with Crippen LogP contribution in [0.15, 0.2) is 89.8 Å². The summed E-state index contributed by atoms with van der Waals surface area (Å²) in [5.41, 5.74) is 0.829. The second-order valence-corrected chi connectivity index (χ2v) is 7.87. The van der Waals surface area contributed by atoms with E-state index >= 15 is 0 Å². The monoisotopic (exact) mass is 422 g/mol. The number of hydrogen-bond acceptors (Lipinski definition) is 4. The molecule has 0 radical (unpaired) electrons. The predicted octanol–water partition coefficient (Wildman–Crippen LogP) is 5.00. The van der Waals surface area contributed by atoms with Crippen molar-refractivity contribution >= 4 is 52.6 Å². The summed E-state index contributed by atoms with van der Waals surface area (Å²) in [4.78, 5) is 42.4. The van der Waals surface area contributed by atoms with Crippen LogP contribution in [0.5, 0.6) is 0 Å². The van der Waals surface area contributed by atoms with E-state index in [-0.39, 0.29) is 0 Å². The smallest absolute Gasteiger partial charge is 0.272 e. The summed E-state index contributed by atoms with van der Waals surface area (Å²) in [7, 11) is 0. The molecular formula is C22H15ClN2O3S. The molecule has 1 aliphatic heterocycles. The maximum absolute atomic E-state index is 13.2. The first-order chi connectivity index (χ1) is 14.1. The molecule has 1 fully saturated rings. The fourth-order valence-electron chi connectivity index (χ4n) is 3.01. The Morgan fingerprint density at radius 3 is 1.55 bits per heavy atom. The predicted molar refractivity (Wildman–Crippen MR) is 114 cm³/mol. The van der Waals surface area contributed by atoms with Crippen LogP contribution in [0.4, 0.5) is 16.2 Å². The van der Waals surface area contributed by atoms with Crippen LogP contribution < -0.4 is 9.80 Å². The zero-order valence-corrected chi connectivity index (χ0v) is 16.6. The Morgan fingerprint density at radius 1 is 0.655 bits per heavy atom. The Bertz CT molecular complexity index is 997. The summed E-state index contributed by atoms with van der Waals surface area (Å²) in [6, 6.07) is 23.4. The third-order valence-corrected chi connectivity index (χ3v) is 5.80. The van der Waals surface area contributed by atoms with Gasteiger partial charge < -0.3 is 0 Å². The third-order valence-electron chi connectivity index (χ3n) is 4.37. The van der Waals surface area contributed by atoms with Crippen molar-refractivity contribution in [3.05, 3.63) is 90.0 Å². The molecule has 0 atom stereocenters. The molecule has 0 aliphatic carbocycles. The van der Waals surface area contributed by atoms with Crippen molar-refractivity contribution in [1.82, 2.24) is 0 Å². The topological polar surface area (TPSA) is 57.7 Å². The number of hydrogen-bond donors (Lipinski definition) is 0. The highest BCUT2D eigenvalue weighted by Crippen LogP contribution is 2.34. The number of rotatable bonds is 4. The first-order valence-electron chi connectivity index (χ1n) is 8.80. The summed E-state index contributed by atoms with van der Waals surface area (Å²) in [6.45, 7) is 0. The average molecular weight is 423 g/mol. The van der Waals surface area contributed by atoms with E-state index in [0.717, 1.165) is 21.6 Å². The quantitative estimate of drug-likeness (QED) is 0.555. The van der Waals surface area contributed by atoms with Crippen LogP contribution in [0, 0.1) is 0 Å². The van der Waals surface area contributed by atoms with Crippen LogP contribution in [0.3, 0.4) is 0 Å². The van der Waals surface area contributed by atoms with Crippen molar-refractivity contribution in [3.63, 3.8) is 0 Å². The molecule has 3 aromatic rings. The second kappa shape index (κ2) is 8.11. The van der Waals surface area contributed by atoms with Gasteiger partial charge in [0.2, 0.25) is 0 Å². The van der Waals surface area contributed by atoms with Crippen LogP contribution >= 0.6 is 23.4 Å². The maximum atomic E-state index is 13.2. The van der Waals surface area contributed by atoms with E-state index in [1.54, 1.807) is 84.9 Å². The van der Waals surface area contributed by atoms with Crippen LogP contribution in [-0.4, -0.2) is 23.1 Å². The number of nitrogens with zero attached hydrogens (tertiary/aromatic N) is 2. The van der Waals surface area contributed by atoms with Gasteiger partial charge >= 0.3 is 6.03 Å². The first-order valence-corrected chi connectivity index (χ1v) is 10.1. The molecule has 0 unspecified atom stereocenters. The molecule has 29 heavy (non-hydrogen) atoms. The lowest BCUT2D eigenvalue weighted by Gasteiger charge is -2.36. The lowest BCUT2D eigenvalue weighted by Crippen LogP contribution is -2.62. The molecule has 144 valence electrons. The fourth-order valence-corrected chi connectivity index (χ4v) is 4.11. The van der Waals surface area contributed by atoms with Crippen LogP contribution in [0.25, 0.3) is 0 Å². The highest BCUT2D eigenvalue weighted by molar-refractivity contribution is 8.01. The van der Waals surface area contributed by atoms with E-state index in [2.05, 4.69) is 0 Å². The molecule has 5 nitrogen and oxygen atoms in total. The zero-order chi connectivity index (χ0) is 20.4. The van der Waals surface area contributed by atoms with E-state index < -0.39 is 23.1 Å². The summed E-state index contributed by atoms with van der Waals surface area (Å²) in [6.07, 6.45) is 0. The van der Waals surface area contributed by atoms with Gasteiger partial charge in [0, 0.05) is 9.92 Å². The van der Waals surface area contributed by atoms with Crippen molar-refractivity contribution in [1.29, 1.82) is 0 Å². The van der Waals surface area contributed by atoms with Gasteiger partial charge in [0.25, 0.3) is 11.8 Å². The maximum Gasteiger partial charge on any atom is 0.342 e. The molecule has 1 heterocycles. The van der Waals surface area contributed by atoms with Crippen LogP contribution in [0.2, 0.25) is 5.02 Å². The Balaban J connectivity index is 1.77. The van der Waals surface area contributed by atoms with Gasteiger partial charge in [-0.05, 0) is 48.5 Å². The third kappa shape index (κ3) is 3.77. The Hall–Kier alpha value is -3.09. The number of imide groups is 2. The number of carbonyl (C=O) groups excluding carboxylic acids is 3. The number of urea groups is 1. The minimum absolute atomic E-state index is 0.414. The van der Waals surface area contributed by atoms with Gasteiger partial charge in [-0.3, -0.25) is 9.59 Å². The summed E-state index contributed by atoms with van der Waals surface area (Å²) in [5, 5.41) is -0.545. The molecule has 0 N–H and O–H groups in total. The normalized spacial score (nSPS) is 15.1. The van der Waals surface area contributed by atoms with Gasteiger partial charge in [-0.15, -0.1) is 11.8 Å². The second-order valence-electron chi connectivity index (χ2n) is 6.25. The first kappa shape index (κ1) is 19.2. The van der Waals surface area contributed by atoms with Gasteiger partial charge in [-0.1, -0.05) is 48.0 Å². The number of barbiturate groups is 1. The minimum atomic E-state index is -1.10. The molecule has 0 aromatic heterocycles. The molecule has 0 bridgehead atoms. The highest BCUT2D eigenvalue weighted by Gasteiger charge is 2.47. The summed E-state index contributed by atoms with van der Waals surface area (Å²) < 4.78 is 0. The van der Waals surface area contributed by atoms with Gasteiger partial charge in [0.05, 0.1) is 11.4 Å². The zero-order valence-electron chi connectivity index (χ0n) is 15.1. The lowest BCUT2D eigenvalue weighted by atomic mass is 10.2. The number of halogens is 1. The van der Waals surface area contributed by atoms with Crippen LogP contribution in [-0.2, 0) is 9.59 Å². The van der Waals surface area contributed by atoms with E-state index in [0.29, 0.717) is 21.3 Å². The summed E-state index contributed by atoms with van der Waals surface area (Å²) in [5.74, 6) is -1.14. The molecule has 1 aliphatic rings. The molecule has 4 amide bonds. The lowest BCUT2D eigenvalue weighted by molar-refractivity contribution is -0.126. The number of benzene rings is 3. The number of carbonyl (C=O) groups is 3. The van der Waals surface area contributed by atoms with Crippen LogP contribution in [0.1, 0.15) is 0 Å². The number of thioether (sulfide) groups is 1. The fraction of sp³-hybridized carbons (Fsp3) is 0.0455. The molecule has 4 rings (SSSR count). The molecule has 1 saturated heterocycles. The highest BCUT2D eigenvalue weighted by atomic mass is 35.5. The standard InChI is InChI=1S/C22H15ClN2O3S/c23-15-11-13-18(14-12-15)29-19-20(26)24(16-7-3-1-4-8-16)22(28)25(21(19)27)17-9-5-2-6-10-17/h1-14,19H. The van der Waals surface area contributed by atoms with Gasteiger partial charge in [-0.25, -0.2) is 14.6 Å². The van der Waals surface area contributed by atoms with Crippen molar-refractivity contribution < 1.29 is 14.4 Å². The largest absolute Gasteiger partial charge is 0.342 e. The van der Waals surface area contributed by atoms with E-state index in [1.807, 2.05) is 0 Å². The van der Waals surface area contributed by atoms with Crippen molar-refractivity contribution in [2.24, 2.45) is 0 Å². The molecular weight excluding hydrogens is 408 g/mol. The number of para-hydroxylation sites is 2. The van der Waals surface area contributed by atoms with Crippen molar-refractivity contribution in [2.75, 3.05) is 9.80 Å². The van der Waals surface area contributed by atoms with Gasteiger partial charge in [0.1, 0.15) is 0 Å². The minimum Gasteiger partial charge on any atom is -0.272 e. The molecule has 7 heteroatoms. The van der Waals surface area contributed by atoms with Crippen molar-refractivity contribution in [3.8, 4) is 0 Å². The summed E-state index contributed by atoms with van der Waals surface area (Å²) >= 11 is 7.03. The molecule has 3 aromatic carbocycles. The van der Waals surface area contributed by atoms with Gasteiger partial charge in [0.15, 0.2) is 5.25 Å². The average Bonchev–Trinajstić information content (AvgIpc) is 2.74. The van der Waals surface area contributed by atoms with E-state index in [9.17, 15) is 14.4 Å². The van der Waals surface area contributed by atoms with E-state index in [1.165, 1.54) is 0 Å². The Morgan fingerprint density at radius 2 is 1.10 bits per heavy atom. The SMILES string of the molecule is O=C1C(Sc2ccc(Cl)cc2)C(=O)N(c2ccccc2)C(=O)N1c1ccccc1. The number of amides is 4. The van der Waals surface area contributed by atoms with Gasteiger partial charge in [-0.2, -0.15) is 0 Å². The molecule has 0 spiro atoms. The Kier molecular flexibility index (Phi) is 5.38. The number of anilines is 2. The Labute approximate surface area is 176 Å².